The fourth-order valence-electron chi connectivity index (χ4n) is 1.14. The van der Waals surface area contributed by atoms with Gasteiger partial charge in [-0.05, 0) is 19.8 Å². The van der Waals surface area contributed by atoms with E-state index in [9.17, 15) is 25.0 Å². The fraction of sp³-hybridized carbons (Fsp3) is 0.875. The number of rotatable bonds is 10. The van der Waals surface area contributed by atoms with Gasteiger partial charge in [0.05, 0.1) is 6.61 Å². The standard InChI is InChI=1S/C8H14N2O8/c1-2-16-8(11)5-3-4-7(18-10(14)15)6-17-9(12)13/h7H,2-6H2,1H3. The average Bonchev–Trinajstić information content (AvgIpc) is 2.25. The third-order valence-corrected chi connectivity index (χ3v) is 1.81. The fourth-order valence-corrected chi connectivity index (χ4v) is 1.14. The van der Waals surface area contributed by atoms with Gasteiger partial charge in [-0.1, -0.05) is 0 Å². The van der Waals surface area contributed by atoms with Crippen molar-refractivity contribution in [2.45, 2.75) is 32.3 Å². The predicted molar refractivity (Wildman–Crippen MR) is 55.3 cm³/mol. The quantitative estimate of drug-likeness (QED) is 0.317. The Balaban J connectivity index is 3.95. The summed E-state index contributed by atoms with van der Waals surface area (Å²) in [6.45, 7) is 1.34. The lowest BCUT2D eigenvalue weighted by molar-refractivity contribution is -0.790. The molecular weight excluding hydrogens is 252 g/mol. The molecule has 0 aliphatic rings. The number of esters is 1. The molecule has 0 saturated carbocycles. The molecule has 0 aromatic carbocycles. The van der Waals surface area contributed by atoms with Crippen LogP contribution in [-0.2, 0) is 19.2 Å². The van der Waals surface area contributed by atoms with E-state index in [-0.39, 0.29) is 25.9 Å². The van der Waals surface area contributed by atoms with E-state index in [0.29, 0.717) is 0 Å². The van der Waals surface area contributed by atoms with Crippen molar-refractivity contribution in [3.63, 3.8) is 0 Å². The zero-order valence-corrected chi connectivity index (χ0v) is 9.77. The minimum absolute atomic E-state index is 0.0594. The van der Waals surface area contributed by atoms with Crippen molar-refractivity contribution in [2.75, 3.05) is 13.2 Å². The Kier molecular flexibility index (Phi) is 7.90. The van der Waals surface area contributed by atoms with Crippen LogP contribution < -0.4 is 0 Å². The summed E-state index contributed by atoms with van der Waals surface area (Å²) >= 11 is 0. The number of ether oxygens (including phenoxy) is 1. The highest BCUT2D eigenvalue weighted by Gasteiger charge is 2.16. The van der Waals surface area contributed by atoms with E-state index in [1.54, 1.807) is 6.92 Å². The van der Waals surface area contributed by atoms with Crippen molar-refractivity contribution in [2.24, 2.45) is 0 Å². The smallest absolute Gasteiger partial charge is 0.305 e. The zero-order chi connectivity index (χ0) is 14.0. The minimum atomic E-state index is -1.08. The van der Waals surface area contributed by atoms with Gasteiger partial charge in [0.15, 0.2) is 0 Å². The molecule has 18 heavy (non-hydrogen) atoms. The zero-order valence-electron chi connectivity index (χ0n) is 9.77. The molecule has 1 unspecified atom stereocenters. The molecule has 0 radical (unpaired) electrons. The van der Waals surface area contributed by atoms with Crippen molar-refractivity contribution in [1.29, 1.82) is 0 Å². The second-order valence-electron chi connectivity index (χ2n) is 3.17. The molecule has 0 aliphatic heterocycles. The lowest BCUT2D eigenvalue weighted by atomic mass is 10.1. The number of hydrogen-bond acceptors (Lipinski definition) is 8. The topological polar surface area (TPSA) is 131 Å². The Labute approximate surface area is 102 Å². The Morgan fingerprint density at radius 2 is 1.94 bits per heavy atom. The van der Waals surface area contributed by atoms with Crippen LogP contribution in [0.15, 0.2) is 0 Å². The first-order valence-electron chi connectivity index (χ1n) is 5.19. The van der Waals surface area contributed by atoms with Crippen LogP contribution in [0.25, 0.3) is 0 Å². The third kappa shape index (κ3) is 9.12. The molecule has 10 heteroatoms. The Morgan fingerprint density at radius 1 is 1.28 bits per heavy atom. The molecule has 0 N–H and O–H groups in total. The second kappa shape index (κ2) is 8.96. The van der Waals surface area contributed by atoms with Gasteiger partial charge in [-0.15, -0.1) is 20.2 Å². The van der Waals surface area contributed by atoms with Crippen LogP contribution in [-0.4, -0.2) is 35.5 Å². The highest BCUT2D eigenvalue weighted by atomic mass is 17.0. The van der Waals surface area contributed by atoms with Gasteiger partial charge in [0.1, 0.15) is 12.7 Å². The van der Waals surface area contributed by atoms with E-state index < -0.39 is 28.9 Å². The summed E-state index contributed by atoms with van der Waals surface area (Å²) < 4.78 is 4.65. The van der Waals surface area contributed by atoms with Crippen LogP contribution in [0.4, 0.5) is 0 Å². The number of nitrogens with zero attached hydrogens (tertiary/aromatic N) is 2. The van der Waals surface area contributed by atoms with Gasteiger partial charge in [-0.3, -0.25) is 4.79 Å². The van der Waals surface area contributed by atoms with Crippen molar-refractivity contribution in [3.8, 4) is 0 Å². The first kappa shape index (κ1) is 15.9. The van der Waals surface area contributed by atoms with Crippen LogP contribution in [0, 0.1) is 20.2 Å². The van der Waals surface area contributed by atoms with Gasteiger partial charge >= 0.3 is 5.97 Å². The van der Waals surface area contributed by atoms with Crippen LogP contribution in [0.5, 0.6) is 0 Å². The molecule has 0 spiro atoms. The maximum Gasteiger partial charge on any atom is 0.305 e. The maximum absolute atomic E-state index is 11.0. The summed E-state index contributed by atoms with van der Waals surface area (Å²) in [7, 11) is 0. The summed E-state index contributed by atoms with van der Waals surface area (Å²) in [5.74, 6) is -0.437. The predicted octanol–water partition coefficient (Wildman–Crippen LogP) is 0.505. The number of carbonyl (C=O) groups excluding carboxylic acids is 1. The van der Waals surface area contributed by atoms with Crippen LogP contribution in [0.3, 0.4) is 0 Å². The molecule has 0 bridgehead atoms. The molecule has 0 fully saturated rings. The molecule has 0 amide bonds. The van der Waals surface area contributed by atoms with Crippen molar-refractivity contribution in [3.05, 3.63) is 20.2 Å². The first-order chi connectivity index (χ1) is 8.45. The van der Waals surface area contributed by atoms with Crippen molar-refractivity contribution < 1.29 is 29.4 Å². The van der Waals surface area contributed by atoms with E-state index in [2.05, 4.69) is 14.4 Å². The highest BCUT2D eigenvalue weighted by molar-refractivity contribution is 5.69. The van der Waals surface area contributed by atoms with Gasteiger partial charge in [0.25, 0.3) is 10.2 Å². The number of hydrogen-bond donors (Lipinski definition) is 0. The molecular formula is C8H14N2O8. The molecule has 0 aromatic rings. The maximum atomic E-state index is 11.0. The van der Waals surface area contributed by atoms with E-state index in [0.717, 1.165) is 0 Å². The normalized spacial score (nSPS) is 11.4. The van der Waals surface area contributed by atoms with E-state index in [1.807, 2.05) is 0 Å². The lowest BCUT2D eigenvalue weighted by Gasteiger charge is -2.12. The molecule has 1 atom stereocenters. The molecule has 10 nitrogen and oxygen atoms in total. The monoisotopic (exact) mass is 266 g/mol. The van der Waals surface area contributed by atoms with Gasteiger partial charge < -0.3 is 14.4 Å². The van der Waals surface area contributed by atoms with E-state index in [4.69, 9.17) is 0 Å². The molecule has 0 aliphatic carbocycles. The Hall–Kier alpha value is -2.13. The van der Waals surface area contributed by atoms with Crippen LogP contribution >= 0.6 is 0 Å². The SMILES string of the molecule is CCOC(=O)CCCC(CO[N+](=O)[O-])O[N+](=O)[O-]. The largest absolute Gasteiger partial charge is 0.466 e. The second-order valence-corrected chi connectivity index (χ2v) is 3.17. The Bertz CT molecular complexity index is 295. The van der Waals surface area contributed by atoms with Gasteiger partial charge in [0, 0.05) is 6.42 Å². The van der Waals surface area contributed by atoms with E-state index in [1.165, 1.54) is 0 Å². The summed E-state index contributed by atoms with van der Waals surface area (Å²) in [4.78, 5) is 39.2. The van der Waals surface area contributed by atoms with Gasteiger partial charge in [-0.2, -0.15) is 0 Å². The van der Waals surface area contributed by atoms with Crippen molar-refractivity contribution >= 4 is 5.97 Å². The molecule has 0 aromatic heterocycles. The summed E-state index contributed by atoms with van der Waals surface area (Å²) in [6, 6.07) is 0. The van der Waals surface area contributed by atoms with Crippen molar-refractivity contribution in [1.82, 2.24) is 0 Å². The summed E-state index contributed by atoms with van der Waals surface area (Å²) in [5, 5.41) is 17.9. The average molecular weight is 266 g/mol. The van der Waals surface area contributed by atoms with Gasteiger partial charge in [0.2, 0.25) is 0 Å². The highest BCUT2D eigenvalue weighted by Crippen LogP contribution is 2.07. The first-order valence-corrected chi connectivity index (χ1v) is 5.19. The molecule has 104 valence electrons. The number of carbonyl (C=O) groups is 1. The van der Waals surface area contributed by atoms with Crippen LogP contribution in [0.2, 0.25) is 0 Å². The van der Waals surface area contributed by atoms with Crippen LogP contribution in [0.1, 0.15) is 26.2 Å². The molecule has 0 rings (SSSR count). The summed E-state index contributed by atoms with van der Waals surface area (Å²) in [6.07, 6.45) is -0.699. The molecule has 0 saturated heterocycles. The third-order valence-electron chi connectivity index (χ3n) is 1.81. The van der Waals surface area contributed by atoms with Gasteiger partial charge in [-0.25, -0.2) is 0 Å². The Morgan fingerprint density at radius 3 is 2.44 bits per heavy atom. The minimum Gasteiger partial charge on any atom is -0.466 e. The van der Waals surface area contributed by atoms with E-state index >= 15 is 0 Å². The summed E-state index contributed by atoms with van der Waals surface area (Å²) in [5.41, 5.74) is 0. The lowest BCUT2D eigenvalue weighted by Crippen LogP contribution is -2.24. The molecule has 0 heterocycles.